The number of nitrogens with two attached hydrogens (primary N) is 1. The fraction of sp³-hybridized carbons (Fsp3) is 0.385. The van der Waals surface area contributed by atoms with Gasteiger partial charge in [0, 0.05) is 11.9 Å². The van der Waals surface area contributed by atoms with Crippen LogP contribution in [0.15, 0.2) is 30.5 Å². The van der Waals surface area contributed by atoms with Crippen molar-refractivity contribution in [3.05, 3.63) is 30.5 Å². The number of hydrogen-bond acceptors (Lipinski definition) is 4. The fourth-order valence-electron chi connectivity index (χ4n) is 2.06. The molecule has 1 aromatic carbocycles. The molecule has 0 atom stereocenters. The van der Waals surface area contributed by atoms with Crippen LogP contribution in [0.2, 0.25) is 0 Å². The molecule has 1 fully saturated rings. The molecule has 0 bridgehead atoms. The number of fused-ring (bicyclic) bond motifs is 1. The largest absolute Gasteiger partial charge is 0.383 e. The van der Waals surface area contributed by atoms with Crippen molar-refractivity contribution in [3.8, 4) is 0 Å². The van der Waals surface area contributed by atoms with Crippen LogP contribution in [0.3, 0.4) is 0 Å². The van der Waals surface area contributed by atoms with E-state index in [0.29, 0.717) is 5.41 Å². The Morgan fingerprint density at radius 2 is 2.12 bits per heavy atom. The Labute approximate surface area is 100 Å². The molecular weight excluding hydrogens is 212 g/mol. The fourth-order valence-corrected chi connectivity index (χ4v) is 2.06. The molecule has 0 spiro atoms. The van der Waals surface area contributed by atoms with E-state index in [9.17, 15) is 0 Å². The quantitative estimate of drug-likeness (QED) is 0.837. The standard InChI is InChI=1S/C13H16N4/c14-8-13(5-6-13)9-15-12-7-16-17-11-4-2-1-3-10(11)12/h1-4,7H,5-6,8-9,14H2,(H,15,17). The summed E-state index contributed by atoms with van der Waals surface area (Å²) in [6.45, 7) is 1.69. The lowest BCUT2D eigenvalue weighted by Crippen LogP contribution is -2.24. The third-order valence-electron chi connectivity index (χ3n) is 3.59. The summed E-state index contributed by atoms with van der Waals surface area (Å²) in [5.74, 6) is 0. The molecule has 3 rings (SSSR count). The molecule has 2 aromatic rings. The Morgan fingerprint density at radius 3 is 2.88 bits per heavy atom. The molecule has 0 amide bonds. The molecular formula is C13H16N4. The second kappa shape index (κ2) is 3.96. The van der Waals surface area contributed by atoms with Crippen LogP contribution in [0.5, 0.6) is 0 Å². The topological polar surface area (TPSA) is 63.8 Å². The molecule has 4 nitrogen and oxygen atoms in total. The highest BCUT2D eigenvalue weighted by molar-refractivity contribution is 5.90. The first kappa shape index (κ1) is 10.5. The molecule has 1 heterocycles. The van der Waals surface area contributed by atoms with E-state index in [1.165, 1.54) is 12.8 Å². The number of benzene rings is 1. The Kier molecular flexibility index (Phi) is 2.44. The van der Waals surface area contributed by atoms with Crippen molar-refractivity contribution < 1.29 is 0 Å². The molecule has 88 valence electrons. The average Bonchev–Trinajstić information content (AvgIpc) is 3.17. The summed E-state index contributed by atoms with van der Waals surface area (Å²) < 4.78 is 0. The van der Waals surface area contributed by atoms with Gasteiger partial charge in [0.05, 0.1) is 17.4 Å². The minimum atomic E-state index is 0.324. The molecule has 1 saturated carbocycles. The first-order valence-corrected chi connectivity index (χ1v) is 5.97. The summed E-state index contributed by atoms with van der Waals surface area (Å²) in [5.41, 5.74) is 8.08. The predicted molar refractivity (Wildman–Crippen MR) is 68.7 cm³/mol. The van der Waals surface area contributed by atoms with Crippen LogP contribution in [0.1, 0.15) is 12.8 Å². The number of nitrogens with zero attached hydrogens (tertiary/aromatic N) is 2. The third kappa shape index (κ3) is 1.96. The molecule has 0 aliphatic heterocycles. The van der Waals surface area contributed by atoms with Gasteiger partial charge in [-0.05, 0) is 30.9 Å². The maximum Gasteiger partial charge on any atom is 0.0950 e. The van der Waals surface area contributed by atoms with Crippen molar-refractivity contribution in [1.82, 2.24) is 10.2 Å². The van der Waals surface area contributed by atoms with Gasteiger partial charge in [0.15, 0.2) is 0 Å². The number of aromatic nitrogens is 2. The molecule has 3 N–H and O–H groups in total. The zero-order valence-corrected chi connectivity index (χ0v) is 9.69. The summed E-state index contributed by atoms with van der Waals surface area (Å²) in [6, 6.07) is 8.03. The summed E-state index contributed by atoms with van der Waals surface area (Å²) in [5, 5.41) is 12.7. The molecule has 4 heteroatoms. The molecule has 1 aliphatic carbocycles. The predicted octanol–water partition coefficient (Wildman–Crippen LogP) is 1.78. The van der Waals surface area contributed by atoms with Crippen LogP contribution in [0.4, 0.5) is 5.69 Å². The second-order valence-electron chi connectivity index (χ2n) is 4.83. The van der Waals surface area contributed by atoms with E-state index >= 15 is 0 Å². The highest BCUT2D eigenvalue weighted by Crippen LogP contribution is 2.44. The Balaban J connectivity index is 1.85. The highest BCUT2D eigenvalue weighted by Gasteiger charge is 2.40. The first-order chi connectivity index (χ1) is 8.33. The molecule has 17 heavy (non-hydrogen) atoms. The average molecular weight is 228 g/mol. The van der Waals surface area contributed by atoms with Crippen LogP contribution >= 0.6 is 0 Å². The maximum absolute atomic E-state index is 5.78. The second-order valence-corrected chi connectivity index (χ2v) is 4.83. The van der Waals surface area contributed by atoms with Crippen molar-refractivity contribution >= 4 is 16.6 Å². The van der Waals surface area contributed by atoms with Gasteiger partial charge in [-0.3, -0.25) is 0 Å². The van der Waals surface area contributed by atoms with Gasteiger partial charge >= 0.3 is 0 Å². The van der Waals surface area contributed by atoms with E-state index in [-0.39, 0.29) is 0 Å². The number of nitrogens with one attached hydrogen (secondary N) is 1. The van der Waals surface area contributed by atoms with E-state index in [4.69, 9.17) is 5.73 Å². The van der Waals surface area contributed by atoms with Gasteiger partial charge in [0.25, 0.3) is 0 Å². The van der Waals surface area contributed by atoms with Crippen LogP contribution < -0.4 is 11.1 Å². The summed E-state index contributed by atoms with van der Waals surface area (Å²) >= 11 is 0. The summed E-state index contributed by atoms with van der Waals surface area (Å²) in [6.07, 6.45) is 4.24. The van der Waals surface area contributed by atoms with E-state index in [1.54, 1.807) is 6.20 Å². The van der Waals surface area contributed by atoms with Gasteiger partial charge in [-0.15, -0.1) is 0 Å². The molecule has 0 saturated heterocycles. The molecule has 0 unspecified atom stereocenters. The van der Waals surface area contributed by atoms with Gasteiger partial charge in [-0.25, -0.2) is 0 Å². The van der Waals surface area contributed by atoms with Gasteiger partial charge in [0.2, 0.25) is 0 Å². The third-order valence-corrected chi connectivity index (χ3v) is 3.59. The van der Waals surface area contributed by atoms with Crippen molar-refractivity contribution in [2.75, 3.05) is 18.4 Å². The monoisotopic (exact) mass is 228 g/mol. The van der Waals surface area contributed by atoms with E-state index in [2.05, 4.69) is 21.6 Å². The zero-order valence-electron chi connectivity index (χ0n) is 9.69. The van der Waals surface area contributed by atoms with E-state index < -0.39 is 0 Å². The van der Waals surface area contributed by atoms with E-state index in [1.807, 2.05) is 18.2 Å². The van der Waals surface area contributed by atoms with Crippen LogP contribution in [-0.4, -0.2) is 23.3 Å². The SMILES string of the molecule is NCC1(CNc2cnnc3ccccc23)CC1. The van der Waals surface area contributed by atoms with Crippen LogP contribution in [0, 0.1) is 5.41 Å². The lowest BCUT2D eigenvalue weighted by atomic mass is 10.1. The Hall–Kier alpha value is -1.68. The van der Waals surface area contributed by atoms with Crippen molar-refractivity contribution in [1.29, 1.82) is 0 Å². The number of anilines is 1. The summed E-state index contributed by atoms with van der Waals surface area (Å²) in [4.78, 5) is 0. The smallest absolute Gasteiger partial charge is 0.0950 e. The maximum atomic E-state index is 5.78. The van der Waals surface area contributed by atoms with Crippen molar-refractivity contribution in [3.63, 3.8) is 0 Å². The minimum absolute atomic E-state index is 0.324. The van der Waals surface area contributed by atoms with Gasteiger partial charge in [-0.2, -0.15) is 10.2 Å². The lowest BCUT2D eigenvalue weighted by Gasteiger charge is -2.15. The first-order valence-electron chi connectivity index (χ1n) is 5.97. The highest BCUT2D eigenvalue weighted by atomic mass is 15.1. The molecule has 1 aliphatic rings. The minimum Gasteiger partial charge on any atom is -0.383 e. The Bertz CT molecular complexity index is 528. The van der Waals surface area contributed by atoms with Crippen molar-refractivity contribution in [2.45, 2.75) is 12.8 Å². The lowest BCUT2D eigenvalue weighted by molar-refractivity contribution is 0.556. The number of hydrogen-bond donors (Lipinski definition) is 2. The number of rotatable bonds is 4. The van der Waals surface area contributed by atoms with Crippen molar-refractivity contribution in [2.24, 2.45) is 11.1 Å². The van der Waals surface area contributed by atoms with Crippen LogP contribution in [-0.2, 0) is 0 Å². The van der Waals surface area contributed by atoms with Gasteiger partial charge in [0.1, 0.15) is 0 Å². The molecule has 0 radical (unpaired) electrons. The van der Waals surface area contributed by atoms with Crippen LogP contribution in [0.25, 0.3) is 10.9 Å². The van der Waals surface area contributed by atoms with E-state index in [0.717, 1.165) is 29.7 Å². The Morgan fingerprint density at radius 1 is 1.29 bits per heavy atom. The van der Waals surface area contributed by atoms with Gasteiger partial charge < -0.3 is 11.1 Å². The van der Waals surface area contributed by atoms with Gasteiger partial charge in [-0.1, -0.05) is 18.2 Å². The normalized spacial score (nSPS) is 17.0. The molecule has 1 aromatic heterocycles. The summed E-state index contributed by atoms with van der Waals surface area (Å²) in [7, 11) is 0. The zero-order chi connectivity index (χ0) is 11.7.